The van der Waals surface area contributed by atoms with E-state index in [1.165, 1.54) is 11.9 Å². The summed E-state index contributed by atoms with van der Waals surface area (Å²) in [6.07, 6.45) is 0. The van der Waals surface area contributed by atoms with Crippen LogP contribution in [0.15, 0.2) is 36.4 Å². The zero-order valence-electron chi connectivity index (χ0n) is 11.2. The van der Waals surface area contributed by atoms with Crippen LogP contribution in [0.4, 0.5) is 20.2 Å². The van der Waals surface area contributed by atoms with Gasteiger partial charge in [0, 0.05) is 12.7 Å². The minimum Gasteiger partial charge on any atom is -0.396 e. The largest absolute Gasteiger partial charge is 0.396 e. The lowest BCUT2D eigenvalue weighted by Crippen LogP contribution is -2.29. The van der Waals surface area contributed by atoms with Crippen molar-refractivity contribution in [2.24, 2.45) is 0 Å². The van der Waals surface area contributed by atoms with Gasteiger partial charge in [0.2, 0.25) is 0 Å². The number of nitrogen functional groups attached to an aromatic ring is 1. The summed E-state index contributed by atoms with van der Waals surface area (Å²) in [5.41, 5.74) is 5.89. The first-order valence-electron chi connectivity index (χ1n) is 6.00. The van der Waals surface area contributed by atoms with E-state index in [0.29, 0.717) is 5.69 Å². The molecule has 0 fully saturated rings. The van der Waals surface area contributed by atoms with E-state index in [9.17, 15) is 13.6 Å². The predicted octanol–water partition coefficient (Wildman–Crippen LogP) is 3.13. The summed E-state index contributed by atoms with van der Waals surface area (Å²) >= 11 is 0. The number of para-hydroxylation sites is 1. The Bertz CT molecular complexity index is 671. The molecule has 2 aromatic carbocycles. The lowest BCUT2D eigenvalue weighted by molar-refractivity contribution is 0.0985. The molecule has 1 amide bonds. The zero-order chi connectivity index (χ0) is 14.9. The Morgan fingerprint density at radius 3 is 2.45 bits per heavy atom. The fraction of sp³-hybridized carbons (Fsp3) is 0.133. The van der Waals surface area contributed by atoms with Crippen LogP contribution >= 0.6 is 0 Å². The van der Waals surface area contributed by atoms with Crippen LogP contribution in [0.25, 0.3) is 0 Å². The number of nitrogens with zero attached hydrogens (tertiary/aromatic N) is 1. The van der Waals surface area contributed by atoms with E-state index >= 15 is 0 Å². The highest BCUT2D eigenvalue weighted by molar-refractivity contribution is 6.07. The number of hydrogen-bond donors (Lipinski definition) is 1. The van der Waals surface area contributed by atoms with Crippen molar-refractivity contribution in [1.82, 2.24) is 0 Å². The third kappa shape index (κ3) is 2.34. The van der Waals surface area contributed by atoms with Gasteiger partial charge in [0.05, 0.1) is 5.69 Å². The number of hydrogen-bond acceptors (Lipinski definition) is 2. The van der Waals surface area contributed by atoms with Gasteiger partial charge in [-0.15, -0.1) is 0 Å². The van der Waals surface area contributed by atoms with Crippen LogP contribution in [0.3, 0.4) is 0 Å². The molecule has 3 nitrogen and oxygen atoms in total. The Morgan fingerprint density at radius 1 is 1.15 bits per heavy atom. The number of amides is 1. The average Bonchev–Trinajstić information content (AvgIpc) is 2.43. The Balaban J connectivity index is 2.47. The molecule has 0 radical (unpaired) electrons. The van der Waals surface area contributed by atoms with Crippen molar-refractivity contribution in [1.29, 1.82) is 0 Å². The van der Waals surface area contributed by atoms with Crippen LogP contribution in [0, 0.1) is 18.6 Å². The minimum absolute atomic E-state index is 0.257. The fourth-order valence-corrected chi connectivity index (χ4v) is 1.98. The summed E-state index contributed by atoms with van der Waals surface area (Å²) in [6, 6.07) is 9.16. The van der Waals surface area contributed by atoms with Gasteiger partial charge in [-0.25, -0.2) is 8.78 Å². The number of benzene rings is 2. The van der Waals surface area contributed by atoms with Gasteiger partial charge in [0.25, 0.3) is 5.91 Å². The molecule has 104 valence electrons. The maximum Gasteiger partial charge on any atom is 0.264 e. The van der Waals surface area contributed by atoms with E-state index in [4.69, 9.17) is 5.73 Å². The van der Waals surface area contributed by atoms with Crippen LogP contribution in [-0.2, 0) is 0 Å². The first kappa shape index (κ1) is 14.0. The molecule has 0 bridgehead atoms. The summed E-state index contributed by atoms with van der Waals surface area (Å²) in [4.78, 5) is 13.5. The van der Waals surface area contributed by atoms with Crippen LogP contribution in [0.1, 0.15) is 15.9 Å². The summed E-state index contributed by atoms with van der Waals surface area (Å²) in [6.45, 7) is 1.81. The van der Waals surface area contributed by atoms with Gasteiger partial charge in [-0.05, 0) is 30.7 Å². The smallest absolute Gasteiger partial charge is 0.264 e. The Kier molecular flexibility index (Phi) is 3.70. The lowest BCUT2D eigenvalue weighted by atomic mass is 10.1. The lowest BCUT2D eigenvalue weighted by Gasteiger charge is -2.20. The average molecular weight is 276 g/mol. The van der Waals surface area contributed by atoms with E-state index in [-0.39, 0.29) is 5.69 Å². The fourth-order valence-electron chi connectivity index (χ4n) is 1.98. The van der Waals surface area contributed by atoms with Crippen LogP contribution in [-0.4, -0.2) is 13.0 Å². The molecule has 0 saturated heterocycles. The molecule has 20 heavy (non-hydrogen) atoms. The third-order valence-corrected chi connectivity index (χ3v) is 3.12. The van der Waals surface area contributed by atoms with Crippen molar-refractivity contribution < 1.29 is 13.6 Å². The van der Waals surface area contributed by atoms with E-state index in [1.54, 1.807) is 12.1 Å². The quantitative estimate of drug-likeness (QED) is 0.856. The molecule has 0 unspecified atom stereocenters. The molecule has 0 heterocycles. The highest BCUT2D eigenvalue weighted by atomic mass is 19.1. The number of carbonyl (C=O) groups excluding carboxylic acids is 1. The molecule has 2 N–H and O–H groups in total. The molecule has 0 saturated carbocycles. The summed E-state index contributed by atoms with van der Waals surface area (Å²) in [7, 11) is 1.47. The molecule has 0 aliphatic carbocycles. The molecule has 2 rings (SSSR count). The molecular weight excluding hydrogens is 262 g/mol. The van der Waals surface area contributed by atoms with Gasteiger partial charge in [0.1, 0.15) is 11.4 Å². The monoisotopic (exact) mass is 276 g/mol. The second-order valence-corrected chi connectivity index (χ2v) is 4.48. The highest BCUT2D eigenvalue weighted by Crippen LogP contribution is 2.24. The highest BCUT2D eigenvalue weighted by Gasteiger charge is 2.24. The summed E-state index contributed by atoms with van der Waals surface area (Å²) in [5, 5.41) is 0. The Labute approximate surface area is 115 Å². The molecule has 0 spiro atoms. The molecule has 2 aromatic rings. The topological polar surface area (TPSA) is 46.3 Å². The number of rotatable bonds is 2. The Hall–Kier alpha value is -2.43. The number of nitrogens with two attached hydrogens (primary N) is 1. The van der Waals surface area contributed by atoms with Crippen LogP contribution < -0.4 is 10.6 Å². The second kappa shape index (κ2) is 5.28. The van der Waals surface area contributed by atoms with Crippen molar-refractivity contribution in [2.45, 2.75) is 6.92 Å². The summed E-state index contributed by atoms with van der Waals surface area (Å²) < 4.78 is 27.6. The van der Waals surface area contributed by atoms with Gasteiger partial charge in [-0.3, -0.25) is 4.79 Å². The third-order valence-electron chi connectivity index (χ3n) is 3.12. The molecule has 5 heteroatoms. The van der Waals surface area contributed by atoms with Gasteiger partial charge in [0.15, 0.2) is 5.82 Å². The first-order chi connectivity index (χ1) is 9.43. The molecule has 0 atom stereocenters. The van der Waals surface area contributed by atoms with Crippen molar-refractivity contribution in [3.63, 3.8) is 0 Å². The molecule has 0 aromatic heterocycles. The van der Waals surface area contributed by atoms with Gasteiger partial charge < -0.3 is 10.6 Å². The second-order valence-electron chi connectivity index (χ2n) is 4.48. The SMILES string of the molecule is Cc1ccccc1N(C)C(=O)c1c(F)ccc(N)c1F. The van der Waals surface area contributed by atoms with Crippen LogP contribution in [0.5, 0.6) is 0 Å². The summed E-state index contributed by atoms with van der Waals surface area (Å²) in [5.74, 6) is -2.74. The normalized spacial score (nSPS) is 10.4. The number of aryl methyl sites for hydroxylation is 1. The number of carbonyl (C=O) groups is 1. The zero-order valence-corrected chi connectivity index (χ0v) is 11.2. The van der Waals surface area contributed by atoms with Crippen molar-refractivity contribution in [3.05, 3.63) is 59.2 Å². The number of anilines is 2. The molecule has 0 aliphatic heterocycles. The van der Waals surface area contributed by atoms with Gasteiger partial charge >= 0.3 is 0 Å². The predicted molar refractivity (Wildman–Crippen MR) is 74.7 cm³/mol. The van der Waals surface area contributed by atoms with Crippen molar-refractivity contribution >= 4 is 17.3 Å². The van der Waals surface area contributed by atoms with Crippen molar-refractivity contribution in [2.75, 3.05) is 17.7 Å². The standard InChI is InChI=1S/C15H14F2N2O/c1-9-5-3-4-6-12(9)19(2)15(20)13-10(16)7-8-11(18)14(13)17/h3-8H,18H2,1-2H3. The number of halogens is 2. The van der Waals surface area contributed by atoms with Gasteiger partial charge in [-0.1, -0.05) is 18.2 Å². The van der Waals surface area contributed by atoms with Crippen LogP contribution in [0.2, 0.25) is 0 Å². The van der Waals surface area contributed by atoms with E-state index < -0.39 is 23.1 Å². The molecular formula is C15H14F2N2O. The van der Waals surface area contributed by atoms with Gasteiger partial charge in [-0.2, -0.15) is 0 Å². The Morgan fingerprint density at radius 2 is 1.80 bits per heavy atom. The first-order valence-corrected chi connectivity index (χ1v) is 6.00. The minimum atomic E-state index is -1.03. The van der Waals surface area contributed by atoms with Crippen molar-refractivity contribution in [3.8, 4) is 0 Å². The van der Waals surface area contributed by atoms with E-state index in [0.717, 1.165) is 17.7 Å². The van der Waals surface area contributed by atoms with E-state index in [2.05, 4.69) is 0 Å². The maximum absolute atomic E-state index is 13.9. The van der Waals surface area contributed by atoms with E-state index in [1.807, 2.05) is 19.1 Å². The molecule has 0 aliphatic rings. The maximum atomic E-state index is 13.9.